The standard InChI is InChI=1S/C11H23O/c1-4-6-9-12-10-7-8-11(3)5-2/h4-10H2,1-3H3. The summed E-state index contributed by atoms with van der Waals surface area (Å²) in [6.07, 6.45) is 6.09. The van der Waals surface area contributed by atoms with Gasteiger partial charge in [-0.15, -0.1) is 0 Å². The van der Waals surface area contributed by atoms with Gasteiger partial charge in [-0.05, 0) is 25.2 Å². The maximum atomic E-state index is 5.46. The lowest BCUT2D eigenvalue weighted by Crippen LogP contribution is -1.98. The molecule has 0 saturated heterocycles. The third-order valence-corrected chi connectivity index (χ3v) is 2.14. The molecule has 12 heavy (non-hydrogen) atoms. The van der Waals surface area contributed by atoms with E-state index in [1.807, 2.05) is 0 Å². The van der Waals surface area contributed by atoms with E-state index in [9.17, 15) is 0 Å². The monoisotopic (exact) mass is 171 g/mol. The maximum absolute atomic E-state index is 5.46. The Morgan fingerprint density at radius 2 is 1.75 bits per heavy atom. The Balaban J connectivity index is 2.90. The van der Waals surface area contributed by atoms with Crippen LogP contribution in [0.25, 0.3) is 0 Å². The molecular formula is C11H23O. The van der Waals surface area contributed by atoms with Crippen molar-refractivity contribution in [1.82, 2.24) is 0 Å². The van der Waals surface area contributed by atoms with Crippen molar-refractivity contribution in [3.05, 3.63) is 5.92 Å². The molecule has 0 spiro atoms. The van der Waals surface area contributed by atoms with Crippen molar-refractivity contribution in [2.75, 3.05) is 13.2 Å². The van der Waals surface area contributed by atoms with Gasteiger partial charge in [-0.2, -0.15) is 0 Å². The van der Waals surface area contributed by atoms with Gasteiger partial charge in [0, 0.05) is 13.2 Å². The molecule has 0 aliphatic carbocycles. The van der Waals surface area contributed by atoms with Crippen LogP contribution in [0.15, 0.2) is 0 Å². The van der Waals surface area contributed by atoms with E-state index in [1.165, 1.54) is 32.1 Å². The van der Waals surface area contributed by atoms with Crippen LogP contribution in [0.2, 0.25) is 0 Å². The fourth-order valence-electron chi connectivity index (χ4n) is 1.00. The van der Waals surface area contributed by atoms with Crippen molar-refractivity contribution in [1.29, 1.82) is 0 Å². The van der Waals surface area contributed by atoms with E-state index in [1.54, 1.807) is 5.92 Å². The Bertz CT molecular complexity index is 81.1. The first-order valence-electron chi connectivity index (χ1n) is 5.20. The summed E-state index contributed by atoms with van der Waals surface area (Å²) in [7, 11) is 0. The Morgan fingerprint density at radius 3 is 2.33 bits per heavy atom. The van der Waals surface area contributed by atoms with E-state index in [0.717, 1.165) is 13.2 Å². The quantitative estimate of drug-likeness (QED) is 0.507. The molecule has 0 aliphatic heterocycles. The highest BCUT2D eigenvalue weighted by Crippen LogP contribution is 2.11. The van der Waals surface area contributed by atoms with Crippen molar-refractivity contribution in [3.63, 3.8) is 0 Å². The molecule has 1 nitrogen and oxygen atoms in total. The highest BCUT2D eigenvalue weighted by Gasteiger charge is 1.97. The van der Waals surface area contributed by atoms with E-state index < -0.39 is 0 Å². The van der Waals surface area contributed by atoms with Crippen molar-refractivity contribution in [2.45, 2.75) is 52.9 Å². The van der Waals surface area contributed by atoms with Crippen molar-refractivity contribution in [2.24, 2.45) is 0 Å². The molecule has 0 aromatic carbocycles. The Kier molecular flexibility index (Phi) is 9.02. The number of unbranched alkanes of at least 4 members (excludes halogenated alkanes) is 1. The number of hydrogen-bond acceptors (Lipinski definition) is 1. The SMILES string of the molecule is CCCCOCCC[C](C)CC. The van der Waals surface area contributed by atoms with E-state index in [2.05, 4.69) is 20.8 Å². The molecule has 0 saturated carbocycles. The average molecular weight is 171 g/mol. The van der Waals surface area contributed by atoms with Crippen LogP contribution in [0, 0.1) is 5.92 Å². The third kappa shape index (κ3) is 8.06. The number of ether oxygens (including phenoxy) is 1. The van der Waals surface area contributed by atoms with E-state index >= 15 is 0 Å². The minimum absolute atomic E-state index is 0.942. The van der Waals surface area contributed by atoms with Gasteiger partial charge in [-0.1, -0.05) is 33.6 Å². The maximum Gasteiger partial charge on any atom is 0.0466 e. The molecule has 0 aromatic heterocycles. The highest BCUT2D eigenvalue weighted by molar-refractivity contribution is 4.80. The van der Waals surface area contributed by atoms with Gasteiger partial charge in [-0.25, -0.2) is 0 Å². The molecule has 0 amide bonds. The molecule has 0 aliphatic rings. The largest absolute Gasteiger partial charge is 0.381 e. The first kappa shape index (κ1) is 12.0. The molecular weight excluding hydrogens is 148 g/mol. The molecule has 1 heteroatoms. The topological polar surface area (TPSA) is 9.23 Å². The summed E-state index contributed by atoms with van der Waals surface area (Å²) in [4.78, 5) is 0. The smallest absolute Gasteiger partial charge is 0.0466 e. The van der Waals surface area contributed by atoms with Gasteiger partial charge in [0.05, 0.1) is 0 Å². The molecule has 0 fully saturated rings. The van der Waals surface area contributed by atoms with Crippen LogP contribution in [-0.2, 0) is 4.74 Å². The van der Waals surface area contributed by atoms with Crippen LogP contribution in [0.5, 0.6) is 0 Å². The summed E-state index contributed by atoms with van der Waals surface area (Å²) in [6, 6.07) is 0. The van der Waals surface area contributed by atoms with Crippen molar-refractivity contribution >= 4 is 0 Å². The molecule has 0 atom stereocenters. The number of rotatable bonds is 8. The lowest BCUT2D eigenvalue weighted by molar-refractivity contribution is 0.128. The zero-order valence-electron chi connectivity index (χ0n) is 8.86. The molecule has 1 radical (unpaired) electrons. The average Bonchev–Trinajstić information content (AvgIpc) is 2.10. The molecule has 0 N–H and O–H groups in total. The van der Waals surface area contributed by atoms with Gasteiger partial charge in [0.25, 0.3) is 0 Å². The fourth-order valence-corrected chi connectivity index (χ4v) is 1.00. The summed E-state index contributed by atoms with van der Waals surface area (Å²) < 4.78 is 5.46. The van der Waals surface area contributed by atoms with E-state index in [-0.39, 0.29) is 0 Å². The number of hydrogen-bond donors (Lipinski definition) is 0. The normalized spacial score (nSPS) is 11.0. The fraction of sp³-hybridized carbons (Fsp3) is 0.909. The van der Waals surface area contributed by atoms with E-state index in [4.69, 9.17) is 4.74 Å². The first-order chi connectivity index (χ1) is 5.81. The summed E-state index contributed by atoms with van der Waals surface area (Å²) in [5.41, 5.74) is 0. The molecule has 0 heterocycles. The predicted octanol–water partition coefficient (Wildman–Crippen LogP) is 3.59. The van der Waals surface area contributed by atoms with Crippen molar-refractivity contribution in [3.8, 4) is 0 Å². The summed E-state index contributed by atoms with van der Waals surface area (Å²) in [6.45, 7) is 8.52. The Morgan fingerprint density at radius 1 is 1.08 bits per heavy atom. The van der Waals surface area contributed by atoms with Crippen LogP contribution in [0.3, 0.4) is 0 Å². The lowest BCUT2D eigenvalue weighted by Gasteiger charge is -2.07. The minimum atomic E-state index is 0.942. The highest BCUT2D eigenvalue weighted by atomic mass is 16.5. The molecule has 0 bridgehead atoms. The lowest BCUT2D eigenvalue weighted by atomic mass is 10.0. The second kappa shape index (κ2) is 9.05. The zero-order valence-corrected chi connectivity index (χ0v) is 8.86. The van der Waals surface area contributed by atoms with Gasteiger partial charge in [0.1, 0.15) is 0 Å². The summed E-state index contributed by atoms with van der Waals surface area (Å²) in [5, 5.41) is 0. The molecule has 0 rings (SSSR count). The minimum Gasteiger partial charge on any atom is -0.381 e. The van der Waals surface area contributed by atoms with Gasteiger partial charge >= 0.3 is 0 Å². The van der Waals surface area contributed by atoms with Gasteiger partial charge < -0.3 is 4.74 Å². The van der Waals surface area contributed by atoms with Crippen LogP contribution in [0.4, 0.5) is 0 Å². The molecule has 0 aromatic rings. The van der Waals surface area contributed by atoms with Gasteiger partial charge in [0.15, 0.2) is 0 Å². The molecule has 73 valence electrons. The van der Waals surface area contributed by atoms with Gasteiger partial charge in [0.2, 0.25) is 0 Å². The zero-order chi connectivity index (χ0) is 9.23. The first-order valence-corrected chi connectivity index (χ1v) is 5.20. The predicted molar refractivity (Wildman–Crippen MR) is 54.2 cm³/mol. The Hall–Kier alpha value is -0.0400. The second-order valence-corrected chi connectivity index (χ2v) is 3.38. The second-order valence-electron chi connectivity index (χ2n) is 3.38. The summed E-state index contributed by atoms with van der Waals surface area (Å²) in [5.74, 6) is 1.59. The van der Waals surface area contributed by atoms with Crippen LogP contribution < -0.4 is 0 Å². The van der Waals surface area contributed by atoms with Crippen LogP contribution >= 0.6 is 0 Å². The van der Waals surface area contributed by atoms with E-state index in [0.29, 0.717) is 0 Å². The third-order valence-electron chi connectivity index (χ3n) is 2.14. The molecule has 0 unspecified atom stereocenters. The summed E-state index contributed by atoms with van der Waals surface area (Å²) >= 11 is 0. The van der Waals surface area contributed by atoms with Crippen LogP contribution in [-0.4, -0.2) is 13.2 Å². The van der Waals surface area contributed by atoms with Crippen molar-refractivity contribution < 1.29 is 4.74 Å². The Labute approximate surface area is 77.5 Å². The van der Waals surface area contributed by atoms with Crippen LogP contribution in [0.1, 0.15) is 52.9 Å². The van der Waals surface area contributed by atoms with Gasteiger partial charge in [-0.3, -0.25) is 0 Å².